The standard InChI is InChI=1S/C13H15N2O/c14-12-4-6-13(7-5-12)16-11-10-15-8-2-1-3-9-15/h1-9H,10-11,14H2/q+1. The molecule has 0 aliphatic heterocycles. The Kier molecular flexibility index (Phi) is 3.38. The van der Waals surface area contributed by atoms with Crippen LogP contribution in [0.3, 0.4) is 0 Å². The summed E-state index contributed by atoms with van der Waals surface area (Å²) in [7, 11) is 0. The van der Waals surface area contributed by atoms with Crippen LogP contribution in [0.4, 0.5) is 5.69 Å². The predicted molar refractivity (Wildman–Crippen MR) is 63.0 cm³/mol. The van der Waals surface area contributed by atoms with Gasteiger partial charge >= 0.3 is 0 Å². The molecular formula is C13H15N2O+. The van der Waals surface area contributed by atoms with Crippen LogP contribution in [-0.2, 0) is 6.54 Å². The molecule has 2 aromatic rings. The number of rotatable bonds is 4. The van der Waals surface area contributed by atoms with Crippen molar-refractivity contribution in [3.63, 3.8) is 0 Å². The van der Waals surface area contributed by atoms with Crippen LogP contribution in [-0.4, -0.2) is 6.61 Å². The zero-order chi connectivity index (χ0) is 11.2. The Bertz CT molecular complexity index is 425. The molecule has 1 aromatic heterocycles. The van der Waals surface area contributed by atoms with Crippen molar-refractivity contribution in [3.8, 4) is 5.75 Å². The van der Waals surface area contributed by atoms with E-state index in [1.54, 1.807) is 0 Å². The highest BCUT2D eigenvalue weighted by Gasteiger charge is 1.98. The minimum atomic E-state index is 0.651. The van der Waals surface area contributed by atoms with Gasteiger partial charge < -0.3 is 10.5 Å². The lowest BCUT2D eigenvalue weighted by molar-refractivity contribution is -0.697. The van der Waals surface area contributed by atoms with Crippen molar-refractivity contribution in [2.75, 3.05) is 12.3 Å². The number of nitrogens with zero attached hydrogens (tertiary/aromatic N) is 1. The van der Waals surface area contributed by atoms with Gasteiger partial charge in [0, 0.05) is 17.8 Å². The quantitative estimate of drug-likeness (QED) is 0.622. The highest BCUT2D eigenvalue weighted by molar-refractivity contribution is 5.41. The molecule has 0 amide bonds. The number of nitrogens with two attached hydrogens (primary N) is 1. The van der Waals surface area contributed by atoms with Gasteiger partial charge in [0.05, 0.1) is 0 Å². The third-order valence-corrected chi connectivity index (χ3v) is 2.28. The monoisotopic (exact) mass is 215 g/mol. The maximum absolute atomic E-state index is 5.59. The number of ether oxygens (including phenoxy) is 1. The Labute approximate surface area is 95.1 Å². The van der Waals surface area contributed by atoms with Crippen LogP contribution in [0.1, 0.15) is 0 Å². The van der Waals surface area contributed by atoms with Crippen LogP contribution in [0.2, 0.25) is 0 Å². The fourth-order valence-corrected chi connectivity index (χ4v) is 1.42. The third-order valence-electron chi connectivity index (χ3n) is 2.28. The highest BCUT2D eigenvalue weighted by atomic mass is 16.5. The molecule has 3 nitrogen and oxygen atoms in total. The van der Waals surface area contributed by atoms with Gasteiger partial charge in [0.2, 0.25) is 0 Å². The van der Waals surface area contributed by atoms with Gasteiger partial charge in [-0.1, -0.05) is 6.07 Å². The molecule has 0 aliphatic rings. The molecule has 1 aromatic carbocycles. The van der Waals surface area contributed by atoms with Crippen LogP contribution in [0, 0.1) is 0 Å². The summed E-state index contributed by atoms with van der Waals surface area (Å²) in [4.78, 5) is 0. The molecule has 0 unspecified atom stereocenters. The largest absolute Gasteiger partial charge is 0.487 e. The molecule has 0 bridgehead atoms. The lowest BCUT2D eigenvalue weighted by atomic mass is 10.3. The van der Waals surface area contributed by atoms with Crippen molar-refractivity contribution >= 4 is 5.69 Å². The van der Waals surface area contributed by atoms with E-state index in [4.69, 9.17) is 10.5 Å². The molecule has 0 spiro atoms. The van der Waals surface area contributed by atoms with Gasteiger partial charge in [0.1, 0.15) is 12.4 Å². The Balaban J connectivity index is 1.82. The highest BCUT2D eigenvalue weighted by Crippen LogP contribution is 2.12. The Morgan fingerprint density at radius 1 is 1.00 bits per heavy atom. The van der Waals surface area contributed by atoms with Crippen molar-refractivity contribution in [2.45, 2.75) is 6.54 Å². The average molecular weight is 215 g/mol. The maximum Gasteiger partial charge on any atom is 0.182 e. The van der Waals surface area contributed by atoms with E-state index in [1.807, 2.05) is 54.9 Å². The van der Waals surface area contributed by atoms with Crippen molar-refractivity contribution < 1.29 is 9.30 Å². The second-order valence-corrected chi connectivity index (χ2v) is 3.53. The SMILES string of the molecule is Nc1ccc(OCC[n+]2ccccc2)cc1. The molecule has 0 atom stereocenters. The van der Waals surface area contributed by atoms with Gasteiger partial charge in [0.15, 0.2) is 18.9 Å². The zero-order valence-electron chi connectivity index (χ0n) is 9.04. The molecule has 0 aliphatic carbocycles. The molecular weight excluding hydrogens is 200 g/mol. The zero-order valence-corrected chi connectivity index (χ0v) is 9.04. The topological polar surface area (TPSA) is 39.1 Å². The van der Waals surface area contributed by atoms with Gasteiger partial charge in [-0.05, 0) is 24.3 Å². The number of aromatic nitrogens is 1. The molecule has 2 rings (SSSR count). The van der Waals surface area contributed by atoms with E-state index in [1.165, 1.54) is 0 Å². The summed E-state index contributed by atoms with van der Waals surface area (Å²) in [5, 5.41) is 0. The minimum Gasteiger partial charge on any atom is -0.487 e. The van der Waals surface area contributed by atoms with Crippen molar-refractivity contribution in [1.29, 1.82) is 0 Å². The summed E-state index contributed by atoms with van der Waals surface area (Å²) in [6.07, 6.45) is 4.04. The Hall–Kier alpha value is -2.03. The second-order valence-electron chi connectivity index (χ2n) is 3.53. The van der Waals surface area contributed by atoms with E-state index in [0.29, 0.717) is 6.61 Å². The molecule has 3 heteroatoms. The number of hydrogen-bond acceptors (Lipinski definition) is 2. The van der Waals surface area contributed by atoms with Gasteiger partial charge in [-0.3, -0.25) is 0 Å². The minimum absolute atomic E-state index is 0.651. The summed E-state index contributed by atoms with van der Waals surface area (Å²) in [5.74, 6) is 0.853. The van der Waals surface area contributed by atoms with Crippen LogP contribution < -0.4 is 15.0 Å². The number of hydrogen-bond donors (Lipinski definition) is 1. The Morgan fingerprint density at radius 3 is 2.38 bits per heavy atom. The summed E-state index contributed by atoms with van der Waals surface area (Å²) in [6.45, 7) is 1.49. The van der Waals surface area contributed by atoms with Crippen LogP contribution in [0.25, 0.3) is 0 Å². The fourth-order valence-electron chi connectivity index (χ4n) is 1.42. The predicted octanol–water partition coefficient (Wildman–Crippen LogP) is 1.64. The molecule has 1 heterocycles. The summed E-state index contributed by atoms with van der Waals surface area (Å²) >= 11 is 0. The summed E-state index contributed by atoms with van der Waals surface area (Å²) < 4.78 is 7.67. The van der Waals surface area contributed by atoms with Crippen LogP contribution in [0.5, 0.6) is 5.75 Å². The van der Waals surface area contributed by atoms with Crippen molar-refractivity contribution in [2.24, 2.45) is 0 Å². The summed E-state index contributed by atoms with van der Waals surface area (Å²) in [5.41, 5.74) is 6.34. The van der Waals surface area contributed by atoms with E-state index in [2.05, 4.69) is 4.57 Å². The van der Waals surface area contributed by atoms with Crippen molar-refractivity contribution in [3.05, 3.63) is 54.9 Å². The van der Waals surface area contributed by atoms with Crippen LogP contribution in [0.15, 0.2) is 54.9 Å². The number of anilines is 1. The van der Waals surface area contributed by atoms with E-state index < -0.39 is 0 Å². The number of benzene rings is 1. The van der Waals surface area contributed by atoms with E-state index in [9.17, 15) is 0 Å². The molecule has 82 valence electrons. The smallest absolute Gasteiger partial charge is 0.182 e. The van der Waals surface area contributed by atoms with E-state index >= 15 is 0 Å². The molecule has 0 fully saturated rings. The first kappa shape index (κ1) is 10.5. The first-order valence-corrected chi connectivity index (χ1v) is 5.27. The molecule has 0 radical (unpaired) electrons. The van der Waals surface area contributed by atoms with Crippen molar-refractivity contribution in [1.82, 2.24) is 0 Å². The van der Waals surface area contributed by atoms with Gasteiger partial charge in [-0.15, -0.1) is 0 Å². The first-order valence-electron chi connectivity index (χ1n) is 5.27. The van der Waals surface area contributed by atoms with E-state index in [0.717, 1.165) is 18.0 Å². The molecule has 2 N–H and O–H groups in total. The number of nitrogen functional groups attached to an aromatic ring is 1. The normalized spacial score (nSPS) is 10.0. The van der Waals surface area contributed by atoms with Gasteiger partial charge in [0.25, 0.3) is 0 Å². The maximum atomic E-state index is 5.59. The molecule has 0 saturated carbocycles. The second kappa shape index (κ2) is 5.16. The lowest BCUT2D eigenvalue weighted by Crippen LogP contribution is -2.35. The third kappa shape index (κ3) is 2.98. The lowest BCUT2D eigenvalue weighted by Gasteiger charge is -2.03. The fraction of sp³-hybridized carbons (Fsp3) is 0.154. The summed E-state index contributed by atoms with van der Waals surface area (Å²) in [6, 6.07) is 13.4. The van der Waals surface area contributed by atoms with E-state index in [-0.39, 0.29) is 0 Å². The Morgan fingerprint density at radius 2 is 1.69 bits per heavy atom. The molecule has 0 saturated heterocycles. The van der Waals surface area contributed by atoms with Gasteiger partial charge in [-0.2, -0.15) is 0 Å². The number of pyridine rings is 1. The average Bonchev–Trinajstić information content (AvgIpc) is 2.33. The van der Waals surface area contributed by atoms with Crippen LogP contribution >= 0.6 is 0 Å². The first-order chi connectivity index (χ1) is 7.84. The van der Waals surface area contributed by atoms with Gasteiger partial charge in [-0.25, -0.2) is 4.57 Å². The molecule has 16 heavy (non-hydrogen) atoms.